The third kappa shape index (κ3) is 8.15. The van der Waals surface area contributed by atoms with Crippen molar-refractivity contribution in [3.8, 4) is 0 Å². The summed E-state index contributed by atoms with van der Waals surface area (Å²) in [5.74, 6) is 6.74. The van der Waals surface area contributed by atoms with E-state index in [1.807, 2.05) is 0 Å². The highest BCUT2D eigenvalue weighted by Gasteiger charge is 2.54. The molecule has 0 aromatic rings. The third-order valence-corrected chi connectivity index (χ3v) is 14.9. The van der Waals surface area contributed by atoms with Gasteiger partial charge in [-0.2, -0.15) is 0 Å². The number of rotatable bonds is 7. The maximum atomic E-state index is 12.9. The summed E-state index contributed by atoms with van der Waals surface area (Å²) in [6.45, 7) is 17.6. The Hall–Kier alpha value is -1.43. The normalized spacial score (nSPS) is 40.7. The predicted octanol–water partition coefficient (Wildman–Crippen LogP) is 9.45. The van der Waals surface area contributed by atoms with E-state index < -0.39 is 11.2 Å². The van der Waals surface area contributed by atoms with Gasteiger partial charge in [0.05, 0.1) is 17.9 Å². The molecule has 0 saturated heterocycles. The van der Waals surface area contributed by atoms with Crippen molar-refractivity contribution in [2.45, 2.75) is 171 Å². The highest BCUT2D eigenvalue weighted by molar-refractivity contribution is 5.79. The zero-order chi connectivity index (χ0) is 32.8. The Labute approximate surface area is 288 Å². The average molecular weight is 661 g/mol. The topological polar surface area (TPSA) is 89.9 Å². The molecule has 0 aromatic heterocycles. The molecule has 6 fully saturated rings. The fraction of sp³-hybridized carbons (Fsp3) is 0.927. The molecule has 1 N–H and O–H groups in total. The molecule has 0 radical (unpaired) electrons. The molecule has 0 spiro atoms. The maximum Gasteiger partial charge on any atom is 0.309 e. The molecule has 272 valence electrons. The Balaban J connectivity index is 0.000000245. The standard InChI is InChI=1S/C20H32O3.C19H32O3.2CH4/c1-5-20(4,15-6-8-16(21)9-7-15)23-19(22)18-11-14-10-17(18)13(3)12(14)2;1-11-12(2)16-9-13(11)10-17(16)18(21)22-19(3,4)14-5-7-15(20)8-6-14;;/h12-15,17-18H,5-11H2,1-4H3;11-17,20H,5-10H2,1-4H3;2*1H4. The first-order valence-electron chi connectivity index (χ1n) is 18.8. The molecule has 6 aliphatic carbocycles. The molecule has 6 aliphatic rings. The van der Waals surface area contributed by atoms with E-state index in [2.05, 4.69) is 55.4 Å². The molecular weight excluding hydrogens is 588 g/mol. The number of ketones is 1. The van der Waals surface area contributed by atoms with E-state index in [-0.39, 0.29) is 44.7 Å². The van der Waals surface area contributed by atoms with Crippen LogP contribution in [-0.2, 0) is 23.9 Å². The number of esters is 2. The Morgan fingerprint density at radius 3 is 1.53 bits per heavy atom. The van der Waals surface area contributed by atoms with Crippen molar-refractivity contribution in [3.63, 3.8) is 0 Å². The average Bonchev–Trinajstić information content (AvgIpc) is 3.76. The van der Waals surface area contributed by atoms with Crippen molar-refractivity contribution >= 4 is 17.7 Å². The van der Waals surface area contributed by atoms with Gasteiger partial charge in [-0.05, 0) is 151 Å². The summed E-state index contributed by atoms with van der Waals surface area (Å²) in [6, 6.07) is 0. The number of ether oxygens (including phenoxy) is 2. The van der Waals surface area contributed by atoms with Crippen LogP contribution in [0.15, 0.2) is 0 Å². The van der Waals surface area contributed by atoms with Gasteiger partial charge in [-0.15, -0.1) is 0 Å². The third-order valence-electron chi connectivity index (χ3n) is 14.9. The Morgan fingerprint density at radius 2 is 1.13 bits per heavy atom. The molecule has 0 aromatic carbocycles. The quantitative estimate of drug-likeness (QED) is 0.274. The van der Waals surface area contributed by atoms with Gasteiger partial charge in [0.2, 0.25) is 0 Å². The number of carbonyl (C=O) groups is 3. The van der Waals surface area contributed by atoms with Crippen LogP contribution in [0, 0.1) is 71.0 Å². The highest BCUT2D eigenvalue weighted by Crippen LogP contribution is 2.56. The molecular formula is C41H72O6. The Kier molecular flexibility index (Phi) is 13.3. The molecule has 6 saturated carbocycles. The summed E-state index contributed by atoms with van der Waals surface area (Å²) in [5, 5.41) is 9.66. The van der Waals surface area contributed by atoms with E-state index in [0.717, 1.165) is 75.5 Å². The van der Waals surface area contributed by atoms with Gasteiger partial charge in [0.15, 0.2) is 0 Å². The van der Waals surface area contributed by atoms with Crippen LogP contribution in [-0.4, -0.2) is 40.1 Å². The molecule has 6 nitrogen and oxygen atoms in total. The second-order valence-electron chi connectivity index (χ2n) is 17.4. The predicted molar refractivity (Wildman–Crippen MR) is 189 cm³/mol. The molecule has 11 unspecified atom stereocenters. The minimum absolute atomic E-state index is 0. The number of aliphatic hydroxyl groups is 1. The zero-order valence-corrected chi connectivity index (χ0v) is 29.7. The Morgan fingerprint density at radius 1 is 0.681 bits per heavy atom. The molecule has 6 heteroatoms. The number of fused-ring (bicyclic) bond motifs is 4. The number of Topliss-reactive ketones (excluding diaryl/α,β-unsaturated/α-hetero) is 1. The monoisotopic (exact) mass is 661 g/mol. The Bertz CT molecular complexity index is 1060. The van der Waals surface area contributed by atoms with Gasteiger partial charge < -0.3 is 14.6 Å². The fourth-order valence-corrected chi connectivity index (χ4v) is 10.9. The van der Waals surface area contributed by atoms with Gasteiger partial charge in [-0.25, -0.2) is 0 Å². The van der Waals surface area contributed by atoms with E-state index >= 15 is 0 Å². The lowest BCUT2D eigenvalue weighted by molar-refractivity contribution is -0.174. The second kappa shape index (κ2) is 15.6. The fourth-order valence-electron chi connectivity index (χ4n) is 10.9. The summed E-state index contributed by atoms with van der Waals surface area (Å²) in [7, 11) is 0. The van der Waals surface area contributed by atoms with Gasteiger partial charge in [-0.3, -0.25) is 14.4 Å². The van der Waals surface area contributed by atoms with Crippen LogP contribution in [0.5, 0.6) is 0 Å². The molecule has 11 atom stereocenters. The number of aliphatic hydroxyl groups excluding tert-OH is 1. The lowest BCUT2D eigenvalue weighted by atomic mass is 9.74. The molecule has 6 rings (SSSR count). The number of carbonyl (C=O) groups excluding carboxylic acids is 3. The van der Waals surface area contributed by atoms with Gasteiger partial charge in [-0.1, -0.05) is 49.5 Å². The highest BCUT2D eigenvalue weighted by atomic mass is 16.6. The lowest BCUT2D eigenvalue weighted by Crippen LogP contribution is -2.44. The van der Waals surface area contributed by atoms with Crippen molar-refractivity contribution in [3.05, 3.63) is 0 Å². The first-order chi connectivity index (χ1) is 21.1. The van der Waals surface area contributed by atoms with Crippen molar-refractivity contribution in [1.82, 2.24) is 0 Å². The second-order valence-corrected chi connectivity index (χ2v) is 17.4. The van der Waals surface area contributed by atoms with E-state index in [9.17, 15) is 19.5 Å². The van der Waals surface area contributed by atoms with Crippen LogP contribution < -0.4 is 0 Å². The van der Waals surface area contributed by atoms with Crippen LogP contribution in [0.2, 0.25) is 0 Å². The minimum Gasteiger partial charge on any atom is -0.459 e. The maximum absolute atomic E-state index is 12.9. The summed E-state index contributed by atoms with van der Waals surface area (Å²) in [6.07, 6.45) is 11.8. The summed E-state index contributed by atoms with van der Waals surface area (Å²) in [5.41, 5.74) is -0.789. The molecule has 0 heterocycles. The van der Waals surface area contributed by atoms with Crippen LogP contribution in [0.3, 0.4) is 0 Å². The van der Waals surface area contributed by atoms with E-state index in [0.29, 0.717) is 60.1 Å². The van der Waals surface area contributed by atoms with Crippen LogP contribution in [0.1, 0.15) is 154 Å². The van der Waals surface area contributed by atoms with Crippen molar-refractivity contribution in [1.29, 1.82) is 0 Å². The smallest absolute Gasteiger partial charge is 0.309 e. The van der Waals surface area contributed by atoms with E-state index in [4.69, 9.17) is 9.47 Å². The zero-order valence-electron chi connectivity index (χ0n) is 29.7. The first kappa shape index (κ1) is 40.0. The lowest BCUT2D eigenvalue weighted by Gasteiger charge is -2.40. The van der Waals surface area contributed by atoms with Gasteiger partial charge in [0.1, 0.15) is 17.0 Å². The van der Waals surface area contributed by atoms with Gasteiger partial charge >= 0.3 is 11.9 Å². The largest absolute Gasteiger partial charge is 0.459 e. The van der Waals surface area contributed by atoms with Gasteiger partial charge in [0.25, 0.3) is 0 Å². The van der Waals surface area contributed by atoms with Crippen molar-refractivity contribution in [2.75, 3.05) is 0 Å². The first-order valence-corrected chi connectivity index (χ1v) is 18.8. The van der Waals surface area contributed by atoms with Crippen LogP contribution >= 0.6 is 0 Å². The number of hydrogen-bond acceptors (Lipinski definition) is 6. The van der Waals surface area contributed by atoms with Crippen LogP contribution in [0.4, 0.5) is 0 Å². The van der Waals surface area contributed by atoms with Crippen LogP contribution in [0.25, 0.3) is 0 Å². The van der Waals surface area contributed by atoms with Crippen molar-refractivity contribution in [2.24, 2.45) is 71.0 Å². The van der Waals surface area contributed by atoms with Gasteiger partial charge in [0, 0.05) is 12.8 Å². The SMILES string of the molecule is C.C.CC1C2CC(C(=O)OC(C)(C)C3CCC(O)CC3)C(C2)C1C.CCC(C)(OC(=O)C1CC2CC1C(C)C2C)C1CCC(=O)CC1. The molecule has 0 amide bonds. The summed E-state index contributed by atoms with van der Waals surface area (Å²) in [4.78, 5) is 37.1. The summed E-state index contributed by atoms with van der Waals surface area (Å²) < 4.78 is 12.1. The molecule has 47 heavy (non-hydrogen) atoms. The van der Waals surface area contributed by atoms with E-state index in [1.54, 1.807) is 0 Å². The summed E-state index contributed by atoms with van der Waals surface area (Å²) >= 11 is 0. The van der Waals surface area contributed by atoms with Crippen molar-refractivity contribution < 1.29 is 29.0 Å². The molecule has 4 bridgehead atoms. The number of hydrogen-bond donors (Lipinski definition) is 1. The minimum atomic E-state index is -0.395. The van der Waals surface area contributed by atoms with E-state index in [1.165, 1.54) is 12.8 Å². The molecule has 0 aliphatic heterocycles.